The molecule has 0 amide bonds. The quantitative estimate of drug-likeness (QED) is 0.262. The summed E-state index contributed by atoms with van der Waals surface area (Å²) >= 11 is 3.73. The maximum absolute atomic E-state index is 12.8. The van der Waals surface area contributed by atoms with Crippen LogP contribution in [0.1, 0.15) is 27.2 Å². The van der Waals surface area contributed by atoms with Crippen molar-refractivity contribution in [2.45, 2.75) is 61.9 Å². The van der Waals surface area contributed by atoms with Crippen LogP contribution in [0.15, 0.2) is 11.6 Å². The standard InChI is InChI=1S/C21H31BrO6Si/c1-20(2,3)29(5,6)27-10-13-11(18(23)25-4)7-12-15-8-16-21(22,19(24)28-15)17(12)14(13)9-26-16/h7,11,13-17H,8-10H2,1-6H3/t11-,13-,14?,15?,16?,17?,21?/m1/s1. The van der Waals surface area contributed by atoms with E-state index in [0.717, 1.165) is 5.57 Å². The summed E-state index contributed by atoms with van der Waals surface area (Å²) in [5.41, 5.74) is 1.05. The largest absolute Gasteiger partial charge is 0.469 e. The Bertz CT molecular complexity index is 759. The Balaban J connectivity index is 1.71. The minimum absolute atomic E-state index is 0.00450. The van der Waals surface area contributed by atoms with E-state index in [1.807, 2.05) is 6.08 Å². The van der Waals surface area contributed by atoms with Crippen LogP contribution in [0.3, 0.4) is 0 Å². The second kappa shape index (κ2) is 6.90. The topological polar surface area (TPSA) is 71.1 Å². The van der Waals surface area contributed by atoms with Crippen LogP contribution in [-0.4, -0.2) is 57.1 Å². The van der Waals surface area contributed by atoms with Gasteiger partial charge in [-0.2, -0.15) is 0 Å². The highest BCUT2D eigenvalue weighted by Gasteiger charge is 2.69. The van der Waals surface area contributed by atoms with Gasteiger partial charge in [0, 0.05) is 24.9 Å². The molecular weight excluding hydrogens is 456 g/mol. The van der Waals surface area contributed by atoms with Gasteiger partial charge < -0.3 is 18.6 Å². The lowest BCUT2D eigenvalue weighted by atomic mass is 9.56. The molecule has 162 valence electrons. The number of rotatable bonds is 4. The van der Waals surface area contributed by atoms with Gasteiger partial charge >= 0.3 is 11.9 Å². The Hall–Kier alpha value is -0.703. The highest BCUT2D eigenvalue weighted by molar-refractivity contribution is 9.10. The lowest BCUT2D eigenvalue weighted by Crippen LogP contribution is -2.71. The number of alkyl halides is 1. The van der Waals surface area contributed by atoms with Crippen molar-refractivity contribution in [1.82, 2.24) is 0 Å². The number of carbonyl (C=O) groups excluding carboxylic acids is 2. The number of ether oxygens (including phenoxy) is 3. The molecule has 3 heterocycles. The third-order valence-electron chi connectivity index (χ3n) is 7.86. The van der Waals surface area contributed by atoms with Gasteiger partial charge in [-0.05, 0) is 29.6 Å². The fourth-order valence-corrected chi connectivity index (χ4v) is 7.18. The number of halogens is 1. The molecule has 0 aromatic heterocycles. The van der Waals surface area contributed by atoms with Crippen LogP contribution < -0.4 is 0 Å². The van der Waals surface area contributed by atoms with Gasteiger partial charge in [-0.1, -0.05) is 42.8 Å². The molecule has 5 unspecified atom stereocenters. The van der Waals surface area contributed by atoms with Crippen LogP contribution in [-0.2, 0) is 28.2 Å². The highest BCUT2D eigenvalue weighted by atomic mass is 79.9. The summed E-state index contributed by atoms with van der Waals surface area (Å²) < 4.78 is 22.6. The van der Waals surface area contributed by atoms with Crippen LogP contribution in [0, 0.1) is 23.7 Å². The maximum atomic E-state index is 12.8. The normalized spacial score (nSPS) is 40.9. The van der Waals surface area contributed by atoms with Crippen molar-refractivity contribution in [2.24, 2.45) is 23.7 Å². The molecule has 5 rings (SSSR count). The first-order valence-electron chi connectivity index (χ1n) is 10.4. The van der Waals surface area contributed by atoms with Crippen molar-refractivity contribution < 1.29 is 28.2 Å². The SMILES string of the molecule is COC(=O)[C@@H]1C=C2C3CC4OCC(C2C4(Br)C(=O)O3)[C@@H]1CO[Si](C)(C)C(C)(C)C. The van der Waals surface area contributed by atoms with E-state index in [2.05, 4.69) is 49.8 Å². The van der Waals surface area contributed by atoms with Crippen molar-refractivity contribution in [3.05, 3.63) is 11.6 Å². The summed E-state index contributed by atoms with van der Waals surface area (Å²) in [6, 6.07) is 0. The number of hydrogen-bond acceptors (Lipinski definition) is 6. The zero-order chi connectivity index (χ0) is 21.4. The molecule has 0 N–H and O–H groups in total. The van der Waals surface area contributed by atoms with Gasteiger partial charge in [-0.3, -0.25) is 9.59 Å². The molecule has 7 atom stereocenters. The summed E-state index contributed by atoms with van der Waals surface area (Å²) in [5.74, 6) is -1.07. The molecule has 0 aromatic rings. The molecule has 2 aliphatic carbocycles. The summed E-state index contributed by atoms with van der Waals surface area (Å²) in [6.45, 7) is 12.0. The number of esters is 2. The predicted molar refractivity (Wildman–Crippen MR) is 113 cm³/mol. The number of methoxy groups -OCH3 is 1. The first-order chi connectivity index (χ1) is 13.4. The van der Waals surface area contributed by atoms with Gasteiger partial charge in [0.25, 0.3) is 0 Å². The van der Waals surface area contributed by atoms with E-state index in [0.29, 0.717) is 19.6 Å². The molecule has 4 fully saturated rings. The van der Waals surface area contributed by atoms with E-state index in [4.69, 9.17) is 18.6 Å². The van der Waals surface area contributed by atoms with E-state index < -0.39 is 18.6 Å². The van der Waals surface area contributed by atoms with Crippen LogP contribution in [0.5, 0.6) is 0 Å². The van der Waals surface area contributed by atoms with Gasteiger partial charge in [0.2, 0.25) is 0 Å². The zero-order valence-electron chi connectivity index (χ0n) is 18.0. The fraction of sp³-hybridized carbons (Fsp3) is 0.810. The van der Waals surface area contributed by atoms with E-state index in [-0.39, 0.29) is 46.9 Å². The summed E-state index contributed by atoms with van der Waals surface area (Å²) in [7, 11) is -0.580. The molecule has 3 aliphatic heterocycles. The second-order valence-corrected chi connectivity index (χ2v) is 16.4. The van der Waals surface area contributed by atoms with Crippen molar-refractivity contribution in [3.63, 3.8) is 0 Å². The van der Waals surface area contributed by atoms with Gasteiger partial charge in [-0.25, -0.2) is 0 Å². The van der Waals surface area contributed by atoms with E-state index in [1.165, 1.54) is 7.11 Å². The Morgan fingerprint density at radius 2 is 2.07 bits per heavy atom. The van der Waals surface area contributed by atoms with Crippen LogP contribution >= 0.6 is 15.9 Å². The van der Waals surface area contributed by atoms with Crippen molar-refractivity contribution in [3.8, 4) is 0 Å². The highest BCUT2D eigenvalue weighted by Crippen LogP contribution is 2.61. The van der Waals surface area contributed by atoms with Crippen LogP contribution in [0.4, 0.5) is 0 Å². The average molecular weight is 487 g/mol. The molecule has 3 saturated heterocycles. The number of carbonyl (C=O) groups is 2. The van der Waals surface area contributed by atoms with Crippen LogP contribution in [0.2, 0.25) is 18.1 Å². The average Bonchev–Trinajstić information content (AvgIpc) is 2.63. The molecule has 1 saturated carbocycles. The van der Waals surface area contributed by atoms with Gasteiger partial charge in [0.15, 0.2) is 12.6 Å². The minimum Gasteiger partial charge on any atom is -0.469 e. The molecule has 0 aromatic carbocycles. The monoisotopic (exact) mass is 486 g/mol. The zero-order valence-corrected chi connectivity index (χ0v) is 20.6. The molecule has 5 aliphatic rings. The van der Waals surface area contributed by atoms with Gasteiger partial charge in [0.1, 0.15) is 6.10 Å². The number of fused-ring (bicyclic) bond motifs is 1. The Kier molecular flexibility index (Phi) is 5.12. The molecule has 0 radical (unpaired) electrons. The molecule has 8 heteroatoms. The van der Waals surface area contributed by atoms with Crippen LogP contribution in [0.25, 0.3) is 0 Å². The lowest BCUT2D eigenvalue weighted by molar-refractivity contribution is -0.202. The second-order valence-electron chi connectivity index (χ2n) is 10.3. The maximum Gasteiger partial charge on any atom is 0.326 e. The lowest BCUT2D eigenvalue weighted by Gasteiger charge is -2.61. The molecule has 0 spiro atoms. The first kappa shape index (κ1) is 21.5. The molecule has 6 nitrogen and oxygen atoms in total. The van der Waals surface area contributed by atoms with Crippen molar-refractivity contribution >= 4 is 36.2 Å². The third-order valence-corrected chi connectivity index (χ3v) is 13.7. The minimum atomic E-state index is -2.00. The van der Waals surface area contributed by atoms with Gasteiger partial charge in [-0.15, -0.1) is 0 Å². The fourth-order valence-electron chi connectivity index (χ4n) is 5.12. The van der Waals surface area contributed by atoms with Gasteiger partial charge in [0.05, 0.1) is 25.7 Å². The first-order valence-corrected chi connectivity index (χ1v) is 14.1. The molecular formula is C21H31BrO6Si. The third kappa shape index (κ3) is 3.08. The van der Waals surface area contributed by atoms with E-state index >= 15 is 0 Å². The van der Waals surface area contributed by atoms with Crippen molar-refractivity contribution in [2.75, 3.05) is 20.3 Å². The molecule has 4 bridgehead atoms. The summed E-state index contributed by atoms with van der Waals surface area (Å²) in [5, 5.41) is 0.0714. The van der Waals surface area contributed by atoms with E-state index in [9.17, 15) is 9.59 Å². The Morgan fingerprint density at radius 3 is 2.69 bits per heavy atom. The smallest absolute Gasteiger partial charge is 0.326 e. The van der Waals surface area contributed by atoms with E-state index in [1.54, 1.807) is 0 Å². The Labute approximate surface area is 181 Å². The summed E-state index contributed by atoms with van der Waals surface area (Å²) in [6.07, 6.45) is 2.13. The van der Waals surface area contributed by atoms with Crippen molar-refractivity contribution in [1.29, 1.82) is 0 Å². The summed E-state index contributed by atoms with van der Waals surface area (Å²) in [4.78, 5) is 25.5. The molecule has 29 heavy (non-hydrogen) atoms. The Morgan fingerprint density at radius 1 is 1.38 bits per heavy atom. The predicted octanol–water partition coefficient (Wildman–Crippen LogP) is 3.45. The number of hydrogen-bond donors (Lipinski definition) is 0.